The lowest BCUT2D eigenvalue weighted by molar-refractivity contribution is 0.102. The topological polar surface area (TPSA) is 99.1 Å². The van der Waals surface area contributed by atoms with Crippen molar-refractivity contribution < 1.29 is 14.3 Å². The Bertz CT molecular complexity index is 1200. The van der Waals surface area contributed by atoms with Gasteiger partial charge in [0.15, 0.2) is 0 Å². The van der Waals surface area contributed by atoms with Crippen LogP contribution in [0.1, 0.15) is 15.9 Å². The second-order valence-electron chi connectivity index (χ2n) is 6.24. The Morgan fingerprint density at radius 2 is 1.77 bits per heavy atom. The van der Waals surface area contributed by atoms with Gasteiger partial charge in [0, 0.05) is 40.9 Å². The molecule has 0 unspecified atom stereocenters. The molecule has 10 heteroatoms. The fourth-order valence-electron chi connectivity index (χ4n) is 2.78. The van der Waals surface area contributed by atoms with Crippen molar-refractivity contribution in [2.45, 2.75) is 6.61 Å². The zero-order valence-corrected chi connectivity index (χ0v) is 17.9. The van der Waals surface area contributed by atoms with Crippen LogP contribution in [-0.4, -0.2) is 33.2 Å². The number of nitrogens with zero attached hydrogens (tertiary/aromatic N) is 4. The lowest BCUT2D eigenvalue weighted by atomic mass is 10.0. The van der Waals surface area contributed by atoms with E-state index >= 15 is 0 Å². The summed E-state index contributed by atoms with van der Waals surface area (Å²) in [6, 6.07) is 10.6. The number of benzene rings is 1. The highest BCUT2D eigenvalue weighted by Gasteiger charge is 2.18. The molecule has 31 heavy (non-hydrogen) atoms. The molecule has 156 valence electrons. The number of rotatable bonds is 7. The van der Waals surface area contributed by atoms with Crippen molar-refractivity contribution in [2.75, 3.05) is 12.4 Å². The van der Waals surface area contributed by atoms with Crippen molar-refractivity contribution in [3.63, 3.8) is 0 Å². The Labute approximate surface area is 186 Å². The second-order valence-corrected chi connectivity index (χ2v) is 7.62. The maximum atomic E-state index is 12.9. The average molecular weight is 454 g/mol. The van der Waals surface area contributed by atoms with Crippen LogP contribution in [0.4, 0.5) is 5.13 Å². The Balaban J connectivity index is 1.48. The molecule has 0 fully saturated rings. The third kappa shape index (κ3) is 4.96. The van der Waals surface area contributed by atoms with Crippen LogP contribution in [0.3, 0.4) is 0 Å². The Kier molecular flexibility index (Phi) is 6.34. The predicted molar refractivity (Wildman–Crippen MR) is 118 cm³/mol. The molecular weight excluding hydrogens is 438 g/mol. The zero-order valence-electron chi connectivity index (χ0n) is 16.3. The van der Waals surface area contributed by atoms with Crippen LogP contribution in [0.2, 0.25) is 5.02 Å². The molecule has 4 rings (SSSR count). The first-order chi connectivity index (χ1) is 15.1. The van der Waals surface area contributed by atoms with E-state index in [4.69, 9.17) is 21.1 Å². The highest BCUT2D eigenvalue weighted by atomic mass is 35.5. The molecule has 1 amide bonds. The number of methoxy groups -OCH3 is 1. The van der Waals surface area contributed by atoms with Crippen molar-refractivity contribution >= 4 is 34.0 Å². The van der Waals surface area contributed by atoms with E-state index in [0.29, 0.717) is 44.4 Å². The van der Waals surface area contributed by atoms with Crippen LogP contribution < -0.4 is 14.8 Å². The molecule has 8 nitrogen and oxygen atoms in total. The number of hydrogen-bond acceptors (Lipinski definition) is 8. The van der Waals surface area contributed by atoms with E-state index in [1.54, 1.807) is 56.2 Å². The van der Waals surface area contributed by atoms with Gasteiger partial charge in [-0.15, -0.1) is 5.10 Å². The smallest absolute Gasteiger partial charge is 0.296 e. The average Bonchev–Trinajstić information content (AvgIpc) is 3.26. The molecule has 0 radical (unpaired) electrons. The second kappa shape index (κ2) is 9.50. The Hall–Kier alpha value is -3.56. The van der Waals surface area contributed by atoms with Crippen LogP contribution in [-0.2, 0) is 6.61 Å². The molecule has 0 saturated heterocycles. The molecule has 0 aliphatic heterocycles. The predicted octanol–water partition coefficient (Wildman–Crippen LogP) is 4.49. The van der Waals surface area contributed by atoms with Gasteiger partial charge in [-0.1, -0.05) is 28.8 Å². The molecule has 0 saturated carbocycles. The number of anilines is 1. The fourth-order valence-corrected chi connectivity index (χ4v) is 3.49. The highest BCUT2D eigenvalue weighted by Crippen LogP contribution is 2.31. The Morgan fingerprint density at radius 3 is 2.55 bits per heavy atom. The Morgan fingerprint density at radius 1 is 1.03 bits per heavy atom. The van der Waals surface area contributed by atoms with Gasteiger partial charge in [-0.05, 0) is 41.2 Å². The van der Waals surface area contributed by atoms with E-state index in [1.807, 2.05) is 12.1 Å². The lowest BCUT2D eigenvalue weighted by Crippen LogP contribution is -2.13. The summed E-state index contributed by atoms with van der Waals surface area (Å²) in [5.74, 6) is 0.231. The number of aromatic nitrogens is 4. The summed E-state index contributed by atoms with van der Waals surface area (Å²) in [6.45, 7) is 0.315. The molecular formula is C21H16ClN5O3S. The van der Waals surface area contributed by atoms with Crippen LogP contribution >= 0.6 is 22.9 Å². The molecule has 0 aliphatic rings. The van der Waals surface area contributed by atoms with Crippen LogP contribution in [0.5, 0.6) is 10.9 Å². The number of carbonyl (C=O) groups is 1. The highest BCUT2D eigenvalue weighted by molar-refractivity contribution is 7.17. The summed E-state index contributed by atoms with van der Waals surface area (Å²) in [5, 5.41) is 12.0. The molecule has 3 aromatic heterocycles. The number of hydrogen-bond donors (Lipinski definition) is 1. The van der Waals surface area contributed by atoms with E-state index < -0.39 is 0 Å². The summed E-state index contributed by atoms with van der Waals surface area (Å²) in [6.07, 6.45) is 6.38. The van der Waals surface area contributed by atoms with Gasteiger partial charge in [-0.2, -0.15) is 0 Å². The van der Waals surface area contributed by atoms with Crippen molar-refractivity contribution in [3.05, 3.63) is 77.3 Å². The standard InChI is InChI=1S/C21H16ClN5O3S/c1-29-18-7-9-24-11-17(18)16-10-23-8-6-15(16)19(28)25-20-26-27-21(31-20)30-12-13-2-4-14(22)5-3-13/h2-11H,12H2,1H3,(H,25,26,28). The molecule has 0 aliphatic carbocycles. The van der Waals surface area contributed by atoms with Gasteiger partial charge < -0.3 is 9.47 Å². The number of halogens is 1. The van der Waals surface area contributed by atoms with Crippen molar-refractivity contribution in [1.82, 2.24) is 20.2 Å². The van der Waals surface area contributed by atoms with E-state index in [9.17, 15) is 4.79 Å². The number of amides is 1. The molecule has 3 heterocycles. The van der Waals surface area contributed by atoms with Gasteiger partial charge in [0.2, 0.25) is 5.13 Å². The molecule has 0 atom stereocenters. The van der Waals surface area contributed by atoms with Gasteiger partial charge in [-0.25, -0.2) is 0 Å². The van der Waals surface area contributed by atoms with Crippen LogP contribution in [0.15, 0.2) is 61.2 Å². The number of carbonyl (C=O) groups excluding carboxylic acids is 1. The first-order valence-electron chi connectivity index (χ1n) is 9.08. The number of pyridine rings is 2. The van der Waals surface area contributed by atoms with E-state index in [2.05, 4.69) is 25.5 Å². The quantitative estimate of drug-likeness (QED) is 0.440. The summed E-state index contributed by atoms with van der Waals surface area (Å²) in [5.41, 5.74) is 2.60. The normalized spacial score (nSPS) is 10.5. The van der Waals surface area contributed by atoms with E-state index in [0.717, 1.165) is 16.9 Å². The van der Waals surface area contributed by atoms with E-state index in [-0.39, 0.29) is 5.91 Å². The molecule has 1 N–H and O–H groups in total. The first kappa shape index (κ1) is 20.7. The maximum Gasteiger partial charge on any atom is 0.296 e. The van der Waals surface area contributed by atoms with Crippen molar-refractivity contribution in [3.8, 4) is 22.1 Å². The minimum Gasteiger partial charge on any atom is -0.496 e. The fraction of sp³-hybridized carbons (Fsp3) is 0.0952. The number of ether oxygens (including phenoxy) is 2. The monoisotopic (exact) mass is 453 g/mol. The third-order valence-electron chi connectivity index (χ3n) is 4.26. The van der Waals surface area contributed by atoms with Crippen molar-refractivity contribution in [2.24, 2.45) is 0 Å². The molecule has 0 bridgehead atoms. The van der Waals surface area contributed by atoms with Gasteiger partial charge in [0.05, 0.1) is 12.7 Å². The van der Waals surface area contributed by atoms with Gasteiger partial charge >= 0.3 is 0 Å². The van der Waals surface area contributed by atoms with Gasteiger partial charge in [0.1, 0.15) is 12.4 Å². The van der Waals surface area contributed by atoms with Crippen molar-refractivity contribution in [1.29, 1.82) is 0 Å². The summed E-state index contributed by atoms with van der Waals surface area (Å²) >= 11 is 7.02. The minimum atomic E-state index is -0.358. The van der Waals surface area contributed by atoms with Crippen LogP contribution in [0.25, 0.3) is 11.1 Å². The van der Waals surface area contributed by atoms with Crippen LogP contribution in [0, 0.1) is 0 Å². The SMILES string of the molecule is COc1ccncc1-c1cnccc1C(=O)Nc1nnc(OCc2ccc(Cl)cc2)s1. The molecule has 1 aromatic carbocycles. The summed E-state index contributed by atoms with van der Waals surface area (Å²) in [4.78, 5) is 21.2. The van der Waals surface area contributed by atoms with Gasteiger partial charge in [-0.3, -0.25) is 20.1 Å². The summed E-state index contributed by atoms with van der Waals surface area (Å²) in [7, 11) is 1.56. The lowest BCUT2D eigenvalue weighted by Gasteiger charge is -2.11. The minimum absolute atomic E-state index is 0.315. The van der Waals surface area contributed by atoms with Gasteiger partial charge in [0.25, 0.3) is 11.1 Å². The third-order valence-corrected chi connectivity index (χ3v) is 5.26. The van der Waals surface area contributed by atoms with E-state index in [1.165, 1.54) is 0 Å². The summed E-state index contributed by atoms with van der Waals surface area (Å²) < 4.78 is 11.0. The largest absolute Gasteiger partial charge is 0.496 e. The molecule has 0 spiro atoms. The first-order valence-corrected chi connectivity index (χ1v) is 10.3. The number of nitrogens with one attached hydrogen (secondary N) is 1. The molecule has 4 aromatic rings. The maximum absolute atomic E-state index is 12.9. The zero-order chi connectivity index (χ0) is 21.6.